The summed E-state index contributed by atoms with van der Waals surface area (Å²) in [6.07, 6.45) is 0. The maximum atomic E-state index is 5.81. The Morgan fingerprint density at radius 2 is 1.56 bits per heavy atom. The highest BCUT2D eigenvalue weighted by atomic mass is 16.5. The van der Waals surface area contributed by atoms with Crippen LogP contribution in [0.15, 0.2) is 12.1 Å². The molecule has 2 heteroatoms. The van der Waals surface area contributed by atoms with Crippen LogP contribution in [0.4, 0.5) is 0 Å². The van der Waals surface area contributed by atoms with E-state index in [1.165, 1.54) is 22.3 Å². The maximum Gasteiger partial charge on any atom is 0.0722 e. The van der Waals surface area contributed by atoms with Gasteiger partial charge in [-0.2, -0.15) is 0 Å². The molecule has 18 heavy (non-hydrogen) atoms. The van der Waals surface area contributed by atoms with Crippen LogP contribution in [0, 0.1) is 20.8 Å². The van der Waals surface area contributed by atoms with Crippen LogP contribution in [0.5, 0.6) is 0 Å². The van der Waals surface area contributed by atoms with Gasteiger partial charge in [0, 0.05) is 6.54 Å². The SMILES string of the molecule is CCN(CC)CCOCc1c(C)cc(C)cc1C. The lowest BCUT2D eigenvalue weighted by atomic mass is 10.0. The molecule has 1 aromatic carbocycles. The van der Waals surface area contributed by atoms with Crippen molar-refractivity contribution in [3.63, 3.8) is 0 Å². The van der Waals surface area contributed by atoms with Gasteiger partial charge in [-0.05, 0) is 50.6 Å². The molecule has 2 nitrogen and oxygen atoms in total. The Morgan fingerprint density at radius 1 is 1.00 bits per heavy atom. The van der Waals surface area contributed by atoms with Crippen molar-refractivity contribution in [1.82, 2.24) is 4.90 Å². The largest absolute Gasteiger partial charge is 0.375 e. The molecule has 1 aromatic rings. The van der Waals surface area contributed by atoms with Crippen LogP contribution in [0.1, 0.15) is 36.1 Å². The van der Waals surface area contributed by atoms with Gasteiger partial charge in [0.05, 0.1) is 13.2 Å². The summed E-state index contributed by atoms with van der Waals surface area (Å²) in [5.41, 5.74) is 5.36. The zero-order valence-corrected chi connectivity index (χ0v) is 12.5. The van der Waals surface area contributed by atoms with E-state index >= 15 is 0 Å². The highest BCUT2D eigenvalue weighted by Gasteiger charge is 2.04. The van der Waals surface area contributed by atoms with Crippen molar-refractivity contribution >= 4 is 0 Å². The van der Waals surface area contributed by atoms with Crippen molar-refractivity contribution < 1.29 is 4.74 Å². The van der Waals surface area contributed by atoms with Crippen LogP contribution < -0.4 is 0 Å². The maximum absolute atomic E-state index is 5.81. The Hall–Kier alpha value is -0.860. The van der Waals surface area contributed by atoms with Crippen molar-refractivity contribution in [2.75, 3.05) is 26.2 Å². The highest BCUT2D eigenvalue weighted by Crippen LogP contribution is 2.17. The molecule has 0 spiro atoms. The van der Waals surface area contributed by atoms with E-state index in [1.54, 1.807) is 0 Å². The van der Waals surface area contributed by atoms with Crippen LogP contribution in [0.25, 0.3) is 0 Å². The minimum Gasteiger partial charge on any atom is -0.375 e. The summed E-state index contributed by atoms with van der Waals surface area (Å²) < 4.78 is 5.81. The third-order valence-electron chi connectivity index (χ3n) is 3.53. The predicted octanol–water partition coefficient (Wildman–Crippen LogP) is 3.47. The fourth-order valence-corrected chi connectivity index (χ4v) is 2.35. The summed E-state index contributed by atoms with van der Waals surface area (Å²) in [6.45, 7) is 15.6. The van der Waals surface area contributed by atoms with E-state index in [4.69, 9.17) is 4.74 Å². The normalized spacial score (nSPS) is 11.2. The number of hydrogen-bond donors (Lipinski definition) is 0. The van der Waals surface area contributed by atoms with Gasteiger partial charge >= 0.3 is 0 Å². The lowest BCUT2D eigenvalue weighted by molar-refractivity contribution is 0.0950. The molecule has 0 aliphatic rings. The second kappa shape index (κ2) is 7.55. The molecule has 0 fully saturated rings. The summed E-state index contributed by atoms with van der Waals surface area (Å²) in [6, 6.07) is 4.46. The molecule has 0 saturated heterocycles. The van der Waals surface area contributed by atoms with E-state index < -0.39 is 0 Å². The molecule has 0 N–H and O–H groups in total. The van der Waals surface area contributed by atoms with Crippen molar-refractivity contribution in [3.05, 3.63) is 34.4 Å². The zero-order chi connectivity index (χ0) is 13.5. The molecule has 0 radical (unpaired) electrons. The predicted molar refractivity (Wildman–Crippen MR) is 78.1 cm³/mol. The van der Waals surface area contributed by atoms with E-state index in [2.05, 4.69) is 51.7 Å². The summed E-state index contributed by atoms with van der Waals surface area (Å²) in [4.78, 5) is 2.38. The van der Waals surface area contributed by atoms with Gasteiger partial charge in [-0.3, -0.25) is 0 Å². The van der Waals surface area contributed by atoms with Crippen LogP contribution in [-0.4, -0.2) is 31.1 Å². The van der Waals surface area contributed by atoms with Gasteiger partial charge in [0.25, 0.3) is 0 Å². The van der Waals surface area contributed by atoms with Gasteiger partial charge in [-0.1, -0.05) is 31.5 Å². The standard InChI is InChI=1S/C16H27NO/c1-6-17(7-2)8-9-18-12-16-14(4)10-13(3)11-15(16)5/h10-11H,6-9,12H2,1-5H3. The Morgan fingerprint density at radius 3 is 2.06 bits per heavy atom. The van der Waals surface area contributed by atoms with E-state index in [0.29, 0.717) is 0 Å². The molecule has 0 aliphatic heterocycles. The van der Waals surface area contributed by atoms with E-state index in [-0.39, 0.29) is 0 Å². The van der Waals surface area contributed by atoms with Gasteiger partial charge < -0.3 is 9.64 Å². The number of aryl methyl sites for hydroxylation is 3. The Bertz CT molecular complexity index is 346. The lowest BCUT2D eigenvalue weighted by Gasteiger charge is -2.18. The second-order valence-electron chi connectivity index (χ2n) is 4.96. The number of rotatable bonds is 7. The first kappa shape index (κ1) is 15.2. The Balaban J connectivity index is 2.44. The first-order valence-corrected chi connectivity index (χ1v) is 6.95. The molecule has 0 bridgehead atoms. The summed E-state index contributed by atoms with van der Waals surface area (Å²) in [5, 5.41) is 0. The van der Waals surface area contributed by atoms with E-state index in [0.717, 1.165) is 32.8 Å². The van der Waals surface area contributed by atoms with Gasteiger partial charge in [-0.25, -0.2) is 0 Å². The Labute approximate surface area is 112 Å². The van der Waals surface area contributed by atoms with Crippen molar-refractivity contribution in [1.29, 1.82) is 0 Å². The van der Waals surface area contributed by atoms with Crippen molar-refractivity contribution in [2.45, 2.75) is 41.2 Å². The third kappa shape index (κ3) is 4.43. The monoisotopic (exact) mass is 249 g/mol. The number of benzene rings is 1. The molecule has 0 atom stereocenters. The zero-order valence-electron chi connectivity index (χ0n) is 12.5. The highest BCUT2D eigenvalue weighted by molar-refractivity contribution is 5.36. The van der Waals surface area contributed by atoms with Gasteiger partial charge in [-0.15, -0.1) is 0 Å². The topological polar surface area (TPSA) is 12.5 Å². The molecule has 0 amide bonds. The smallest absolute Gasteiger partial charge is 0.0722 e. The third-order valence-corrected chi connectivity index (χ3v) is 3.53. The van der Waals surface area contributed by atoms with Crippen molar-refractivity contribution in [3.8, 4) is 0 Å². The molecule has 1 rings (SSSR count). The van der Waals surface area contributed by atoms with Crippen molar-refractivity contribution in [2.24, 2.45) is 0 Å². The number of ether oxygens (including phenoxy) is 1. The average molecular weight is 249 g/mol. The van der Waals surface area contributed by atoms with Crippen LogP contribution in [-0.2, 0) is 11.3 Å². The minimum absolute atomic E-state index is 0.735. The van der Waals surface area contributed by atoms with E-state index in [9.17, 15) is 0 Å². The first-order valence-electron chi connectivity index (χ1n) is 6.95. The van der Waals surface area contributed by atoms with E-state index in [1.807, 2.05) is 0 Å². The number of hydrogen-bond acceptors (Lipinski definition) is 2. The molecule has 0 aliphatic carbocycles. The minimum atomic E-state index is 0.735. The molecule has 0 unspecified atom stereocenters. The fraction of sp³-hybridized carbons (Fsp3) is 0.625. The molecule has 0 heterocycles. The molecule has 102 valence electrons. The van der Waals surface area contributed by atoms with Crippen LogP contribution in [0.2, 0.25) is 0 Å². The molecule has 0 saturated carbocycles. The Kier molecular flexibility index (Phi) is 6.37. The lowest BCUT2D eigenvalue weighted by Crippen LogP contribution is -2.27. The van der Waals surface area contributed by atoms with Gasteiger partial charge in [0.2, 0.25) is 0 Å². The second-order valence-corrected chi connectivity index (χ2v) is 4.96. The molecule has 0 aromatic heterocycles. The summed E-state index contributed by atoms with van der Waals surface area (Å²) >= 11 is 0. The summed E-state index contributed by atoms with van der Waals surface area (Å²) in [5.74, 6) is 0. The quantitative estimate of drug-likeness (QED) is 0.686. The first-order chi connectivity index (χ1) is 8.58. The van der Waals surface area contributed by atoms with Crippen LogP contribution >= 0.6 is 0 Å². The summed E-state index contributed by atoms with van der Waals surface area (Å²) in [7, 11) is 0. The molecular weight excluding hydrogens is 222 g/mol. The number of likely N-dealkylation sites (N-methyl/N-ethyl adjacent to an activating group) is 1. The average Bonchev–Trinajstić information content (AvgIpc) is 2.32. The van der Waals surface area contributed by atoms with Gasteiger partial charge in [0.15, 0.2) is 0 Å². The fourth-order valence-electron chi connectivity index (χ4n) is 2.35. The van der Waals surface area contributed by atoms with Crippen LogP contribution in [0.3, 0.4) is 0 Å². The molecular formula is C16H27NO. The van der Waals surface area contributed by atoms with Gasteiger partial charge in [0.1, 0.15) is 0 Å². The number of nitrogens with zero attached hydrogens (tertiary/aromatic N) is 1.